The molecule has 2 aromatic carbocycles. The molecule has 1 saturated heterocycles. The molecular formula is C23H27FN2O3. The van der Waals surface area contributed by atoms with Gasteiger partial charge < -0.3 is 19.6 Å². The van der Waals surface area contributed by atoms with E-state index in [9.17, 15) is 14.3 Å². The summed E-state index contributed by atoms with van der Waals surface area (Å²) in [5, 5.41) is 10.5. The maximum Gasteiger partial charge on any atom is 0.252 e. The van der Waals surface area contributed by atoms with Crippen molar-refractivity contribution in [2.24, 2.45) is 0 Å². The van der Waals surface area contributed by atoms with Crippen molar-refractivity contribution in [3.63, 3.8) is 0 Å². The average molecular weight is 398 g/mol. The first-order valence-electron chi connectivity index (χ1n) is 10.1. The smallest absolute Gasteiger partial charge is 0.252 e. The molecule has 4 rings (SSSR count). The zero-order valence-corrected chi connectivity index (χ0v) is 16.8. The lowest BCUT2D eigenvalue weighted by Gasteiger charge is -2.42. The number of rotatable bonds is 3. The molecule has 6 heteroatoms. The van der Waals surface area contributed by atoms with Crippen LogP contribution >= 0.6 is 0 Å². The van der Waals surface area contributed by atoms with Crippen molar-refractivity contribution in [2.45, 2.75) is 37.1 Å². The van der Waals surface area contributed by atoms with Gasteiger partial charge in [0.1, 0.15) is 11.9 Å². The monoisotopic (exact) mass is 398 g/mol. The molecule has 4 atom stereocenters. The minimum absolute atomic E-state index is 0.117. The Morgan fingerprint density at radius 3 is 2.59 bits per heavy atom. The van der Waals surface area contributed by atoms with Crippen molar-refractivity contribution < 1.29 is 19.0 Å². The van der Waals surface area contributed by atoms with Crippen LogP contribution in [0.4, 0.5) is 4.39 Å². The molecule has 29 heavy (non-hydrogen) atoms. The van der Waals surface area contributed by atoms with Crippen molar-refractivity contribution in [3.8, 4) is 0 Å². The number of amides is 1. The molecule has 0 spiro atoms. The molecule has 2 aliphatic heterocycles. The van der Waals surface area contributed by atoms with Crippen LogP contribution in [0, 0.1) is 5.82 Å². The fourth-order valence-electron chi connectivity index (χ4n) is 4.43. The summed E-state index contributed by atoms with van der Waals surface area (Å²) in [6.07, 6.45) is -0.256. The number of aliphatic hydroxyl groups is 1. The number of carbonyl (C=O) groups excluding carboxylic acids is 1. The van der Waals surface area contributed by atoms with Gasteiger partial charge in [0.2, 0.25) is 0 Å². The molecule has 1 fully saturated rings. The van der Waals surface area contributed by atoms with Crippen LogP contribution in [-0.4, -0.2) is 66.3 Å². The zero-order chi connectivity index (χ0) is 20.5. The Bertz CT molecular complexity index is 871. The largest absolute Gasteiger partial charge is 0.391 e. The van der Waals surface area contributed by atoms with Gasteiger partial charge in [0.25, 0.3) is 5.91 Å². The molecule has 0 unspecified atom stereocenters. The Morgan fingerprint density at radius 2 is 1.90 bits per heavy atom. The lowest BCUT2D eigenvalue weighted by atomic mass is 9.87. The highest BCUT2D eigenvalue weighted by Crippen LogP contribution is 2.36. The van der Waals surface area contributed by atoms with Gasteiger partial charge in [-0.15, -0.1) is 0 Å². The van der Waals surface area contributed by atoms with Crippen LogP contribution in [-0.2, 0) is 16.0 Å². The number of carbonyl (C=O) groups is 1. The number of hydrogen-bond donors (Lipinski definition) is 1. The van der Waals surface area contributed by atoms with Crippen LogP contribution < -0.4 is 0 Å². The summed E-state index contributed by atoms with van der Waals surface area (Å²) >= 11 is 0. The van der Waals surface area contributed by atoms with Crippen molar-refractivity contribution in [1.82, 2.24) is 9.80 Å². The van der Waals surface area contributed by atoms with Gasteiger partial charge in [0.15, 0.2) is 0 Å². The van der Waals surface area contributed by atoms with E-state index in [1.54, 1.807) is 12.1 Å². The maximum absolute atomic E-state index is 13.5. The van der Waals surface area contributed by atoms with Gasteiger partial charge in [-0.25, -0.2) is 4.39 Å². The number of halogens is 1. The standard InChI is InChI=1S/C23H27FN2O3/c1-25(2)19-14-29-21(13-20(19)27)23(28)26-12-11-15-5-3-4-6-18(15)22(26)16-7-9-17(24)10-8-16/h3-10,19-22,27H,11-14H2,1-2H3/t19-,20+,21-,22+/m1/s1. The second-order valence-corrected chi connectivity index (χ2v) is 8.09. The first kappa shape index (κ1) is 20.0. The number of ether oxygens (including phenoxy) is 1. The molecule has 1 N–H and O–H groups in total. The molecular weight excluding hydrogens is 371 g/mol. The third kappa shape index (κ3) is 3.92. The van der Waals surface area contributed by atoms with Crippen LogP contribution in [0.5, 0.6) is 0 Å². The zero-order valence-electron chi connectivity index (χ0n) is 16.8. The van der Waals surface area contributed by atoms with Crippen molar-refractivity contribution in [2.75, 3.05) is 27.2 Å². The third-order valence-corrected chi connectivity index (χ3v) is 6.06. The van der Waals surface area contributed by atoms with Crippen molar-refractivity contribution in [3.05, 3.63) is 71.0 Å². The normalized spacial score (nSPS) is 27.0. The van der Waals surface area contributed by atoms with Crippen LogP contribution in [0.2, 0.25) is 0 Å². The predicted molar refractivity (Wildman–Crippen MR) is 108 cm³/mol. The van der Waals surface area contributed by atoms with Gasteiger partial charge in [-0.05, 0) is 49.3 Å². The summed E-state index contributed by atoms with van der Waals surface area (Å²) in [7, 11) is 3.79. The summed E-state index contributed by atoms with van der Waals surface area (Å²) in [6, 6.07) is 14.0. The van der Waals surface area contributed by atoms with Gasteiger partial charge in [-0.1, -0.05) is 36.4 Å². The first-order chi connectivity index (χ1) is 14.0. The van der Waals surface area contributed by atoms with Gasteiger partial charge in [-0.2, -0.15) is 0 Å². The predicted octanol–water partition coefficient (Wildman–Crippen LogP) is 2.38. The van der Waals surface area contributed by atoms with Gasteiger partial charge >= 0.3 is 0 Å². The van der Waals surface area contributed by atoms with Crippen molar-refractivity contribution in [1.29, 1.82) is 0 Å². The topological polar surface area (TPSA) is 53.0 Å². The van der Waals surface area contributed by atoms with Crippen LogP contribution in [0.15, 0.2) is 48.5 Å². The van der Waals surface area contributed by atoms with E-state index in [1.165, 1.54) is 17.7 Å². The molecule has 2 heterocycles. The summed E-state index contributed by atoms with van der Waals surface area (Å²) < 4.78 is 19.4. The number of nitrogens with zero attached hydrogens (tertiary/aromatic N) is 2. The minimum atomic E-state index is -0.672. The molecule has 5 nitrogen and oxygen atoms in total. The molecule has 0 bridgehead atoms. The van der Waals surface area contributed by atoms with E-state index >= 15 is 0 Å². The summed E-state index contributed by atoms with van der Waals surface area (Å²) in [5.74, 6) is -0.422. The Hall–Kier alpha value is -2.28. The maximum atomic E-state index is 13.5. The quantitative estimate of drug-likeness (QED) is 0.863. The van der Waals surface area contributed by atoms with Gasteiger partial charge in [0, 0.05) is 13.0 Å². The molecule has 0 radical (unpaired) electrons. The van der Waals surface area contributed by atoms with E-state index in [0.29, 0.717) is 13.2 Å². The lowest BCUT2D eigenvalue weighted by molar-refractivity contribution is -0.158. The van der Waals surface area contributed by atoms with E-state index < -0.39 is 12.2 Å². The van der Waals surface area contributed by atoms with E-state index in [4.69, 9.17) is 4.74 Å². The lowest BCUT2D eigenvalue weighted by Crippen LogP contribution is -2.54. The first-order valence-corrected chi connectivity index (χ1v) is 10.1. The SMILES string of the molecule is CN(C)[C@@H]1CO[C@@H](C(=O)N2CCc3ccccc3[C@@H]2c2ccc(F)cc2)C[C@@H]1O. The van der Waals surface area contributed by atoms with Crippen molar-refractivity contribution >= 4 is 5.91 Å². The highest BCUT2D eigenvalue weighted by molar-refractivity contribution is 5.82. The highest BCUT2D eigenvalue weighted by atomic mass is 19.1. The van der Waals surface area contributed by atoms with E-state index in [2.05, 4.69) is 6.07 Å². The Kier molecular flexibility index (Phi) is 5.67. The molecule has 2 aromatic rings. The fraction of sp³-hybridized carbons (Fsp3) is 0.435. The molecule has 2 aliphatic rings. The fourth-order valence-corrected chi connectivity index (χ4v) is 4.43. The molecule has 0 aliphatic carbocycles. The molecule has 1 amide bonds. The highest BCUT2D eigenvalue weighted by Gasteiger charge is 2.40. The Balaban J connectivity index is 1.63. The van der Waals surface area contributed by atoms with E-state index in [1.807, 2.05) is 42.1 Å². The second kappa shape index (κ2) is 8.22. The van der Waals surface area contributed by atoms with Gasteiger partial charge in [0.05, 0.1) is 24.8 Å². The average Bonchev–Trinajstić information content (AvgIpc) is 2.72. The molecule has 0 aromatic heterocycles. The number of likely N-dealkylation sites (N-methyl/N-ethyl adjacent to an activating group) is 1. The third-order valence-electron chi connectivity index (χ3n) is 6.06. The number of benzene rings is 2. The number of hydrogen-bond acceptors (Lipinski definition) is 4. The summed E-state index contributed by atoms with van der Waals surface area (Å²) in [5.41, 5.74) is 3.12. The summed E-state index contributed by atoms with van der Waals surface area (Å²) in [4.78, 5) is 17.2. The van der Waals surface area contributed by atoms with E-state index in [-0.39, 0.29) is 30.2 Å². The summed E-state index contributed by atoms with van der Waals surface area (Å²) in [6.45, 7) is 0.876. The van der Waals surface area contributed by atoms with Crippen LogP contribution in [0.1, 0.15) is 29.2 Å². The molecule has 154 valence electrons. The van der Waals surface area contributed by atoms with E-state index in [0.717, 1.165) is 17.5 Å². The molecule has 0 saturated carbocycles. The number of fused-ring (bicyclic) bond motifs is 1. The Labute approximate surface area is 170 Å². The minimum Gasteiger partial charge on any atom is -0.391 e. The second-order valence-electron chi connectivity index (χ2n) is 8.09. The number of aliphatic hydroxyl groups excluding tert-OH is 1. The van der Waals surface area contributed by atoms with Crippen LogP contribution in [0.25, 0.3) is 0 Å². The van der Waals surface area contributed by atoms with Gasteiger partial charge in [-0.3, -0.25) is 4.79 Å². The Morgan fingerprint density at radius 1 is 1.17 bits per heavy atom. The van der Waals surface area contributed by atoms with Crippen LogP contribution in [0.3, 0.4) is 0 Å².